The van der Waals surface area contributed by atoms with Gasteiger partial charge in [-0.1, -0.05) is 12.2 Å². The van der Waals surface area contributed by atoms with Crippen LogP contribution in [0.2, 0.25) is 0 Å². The van der Waals surface area contributed by atoms with E-state index in [2.05, 4.69) is 0 Å². The van der Waals surface area contributed by atoms with E-state index >= 15 is 0 Å². The Hall–Kier alpha value is -0.150. The lowest BCUT2D eigenvalue weighted by Crippen LogP contribution is -2.03. The highest BCUT2D eigenvalue weighted by atomic mass is 31.2. The minimum atomic E-state index is -3.85. The summed E-state index contributed by atoms with van der Waals surface area (Å²) < 4.78 is 10.5. The molecule has 3 N–H and O–H groups in total. The molecule has 0 aliphatic heterocycles. The van der Waals surface area contributed by atoms with Gasteiger partial charge in [0.25, 0.3) is 0 Å². The fraction of sp³-hybridized carbons (Fsp3) is 0.714. The van der Waals surface area contributed by atoms with E-state index in [0.29, 0.717) is 12.8 Å². The molecule has 1 aliphatic rings. The molecule has 1 aliphatic carbocycles. The molecular formula is C7H13O4P. The molecule has 1 rings (SSSR count). The Kier molecular flexibility index (Phi) is 3.07. The van der Waals surface area contributed by atoms with Crippen LogP contribution in [0.3, 0.4) is 0 Å². The van der Waals surface area contributed by atoms with Crippen LogP contribution in [0.1, 0.15) is 12.8 Å². The second-order valence-electron chi connectivity index (χ2n) is 3.12. The Labute approximate surface area is 71.1 Å². The third-order valence-corrected chi connectivity index (χ3v) is 2.78. The van der Waals surface area contributed by atoms with E-state index in [1.165, 1.54) is 0 Å². The van der Waals surface area contributed by atoms with E-state index in [1.54, 1.807) is 6.08 Å². The standard InChI is InChI=1S/C7H13O4P/c8-7-2-1-6(5-7)3-4-12(9,10)11/h1-2,6-8H,3-5H2,(H2,9,10,11). The molecule has 0 amide bonds. The predicted octanol–water partition coefficient (Wildman–Crippen LogP) is 0.491. The van der Waals surface area contributed by atoms with E-state index in [4.69, 9.17) is 14.9 Å². The molecule has 0 saturated carbocycles. The van der Waals surface area contributed by atoms with Gasteiger partial charge in [-0.3, -0.25) is 4.57 Å². The molecule has 0 aromatic carbocycles. The first-order valence-corrected chi connectivity index (χ1v) is 5.68. The van der Waals surface area contributed by atoms with Gasteiger partial charge in [-0.25, -0.2) is 0 Å². The van der Waals surface area contributed by atoms with E-state index in [9.17, 15) is 4.57 Å². The van der Waals surface area contributed by atoms with Gasteiger partial charge < -0.3 is 14.9 Å². The summed E-state index contributed by atoms with van der Waals surface area (Å²) >= 11 is 0. The molecule has 12 heavy (non-hydrogen) atoms. The van der Waals surface area contributed by atoms with E-state index in [0.717, 1.165) is 0 Å². The van der Waals surface area contributed by atoms with Gasteiger partial charge in [0, 0.05) is 0 Å². The topological polar surface area (TPSA) is 77.8 Å². The first-order chi connectivity index (χ1) is 5.47. The minimum Gasteiger partial charge on any atom is -0.389 e. The van der Waals surface area contributed by atoms with Crippen molar-refractivity contribution in [2.45, 2.75) is 18.9 Å². The van der Waals surface area contributed by atoms with Crippen molar-refractivity contribution in [3.05, 3.63) is 12.2 Å². The Morgan fingerprint density at radius 3 is 2.50 bits per heavy atom. The van der Waals surface area contributed by atoms with Gasteiger partial charge in [-0.05, 0) is 18.8 Å². The number of aliphatic hydroxyl groups is 1. The van der Waals surface area contributed by atoms with Gasteiger partial charge in [0.1, 0.15) is 0 Å². The lowest BCUT2D eigenvalue weighted by atomic mass is 10.1. The maximum Gasteiger partial charge on any atom is 0.325 e. The van der Waals surface area contributed by atoms with E-state index < -0.39 is 13.7 Å². The van der Waals surface area contributed by atoms with Crippen molar-refractivity contribution >= 4 is 7.60 Å². The fourth-order valence-electron chi connectivity index (χ4n) is 1.30. The maximum absolute atomic E-state index is 10.5. The van der Waals surface area contributed by atoms with Crippen LogP contribution in [0.4, 0.5) is 0 Å². The molecule has 4 nitrogen and oxygen atoms in total. The number of hydrogen-bond acceptors (Lipinski definition) is 2. The van der Waals surface area contributed by atoms with Crippen LogP contribution in [0.15, 0.2) is 12.2 Å². The van der Waals surface area contributed by atoms with Crippen molar-refractivity contribution in [3.63, 3.8) is 0 Å². The zero-order valence-corrected chi connectivity index (χ0v) is 7.52. The normalized spacial score (nSPS) is 29.6. The third kappa shape index (κ3) is 3.50. The van der Waals surface area contributed by atoms with Crippen LogP contribution >= 0.6 is 7.60 Å². The van der Waals surface area contributed by atoms with Gasteiger partial charge in [-0.15, -0.1) is 0 Å². The largest absolute Gasteiger partial charge is 0.389 e. The maximum atomic E-state index is 10.5. The predicted molar refractivity (Wildman–Crippen MR) is 44.8 cm³/mol. The highest BCUT2D eigenvalue weighted by Crippen LogP contribution is 2.37. The molecule has 0 heterocycles. The third-order valence-electron chi connectivity index (χ3n) is 1.94. The van der Waals surface area contributed by atoms with Crippen LogP contribution in [0.25, 0.3) is 0 Å². The average Bonchev–Trinajstić information content (AvgIpc) is 2.30. The molecule has 0 radical (unpaired) electrons. The lowest BCUT2D eigenvalue weighted by Gasteiger charge is -2.08. The van der Waals surface area contributed by atoms with Crippen molar-refractivity contribution in [1.29, 1.82) is 0 Å². The molecule has 0 saturated heterocycles. The summed E-state index contributed by atoms with van der Waals surface area (Å²) in [6.07, 6.45) is 4.03. The SMILES string of the molecule is O=P(O)(O)CCC1C=CC(O)C1. The summed E-state index contributed by atoms with van der Waals surface area (Å²) in [5.41, 5.74) is 0. The first kappa shape index (κ1) is 9.93. The second-order valence-corrected chi connectivity index (χ2v) is 4.90. The second kappa shape index (κ2) is 3.71. The summed E-state index contributed by atoms with van der Waals surface area (Å²) in [5.74, 6) is 0.132. The molecule has 2 atom stereocenters. The Bertz CT molecular complexity index is 219. The minimum absolute atomic E-state index is 0.0886. The summed E-state index contributed by atoms with van der Waals surface area (Å²) in [7, 11) is -3.85. The Morgan fingerprint density at radius 1 is 1.42 bits per heavy atom. The molecule has 0 fully saturated rings. The summed E-state index contributed by atoms with van der Waals surface area (Å²) in [5, 5.41) is 9.05. The number of rotatable bonds is 3. The van der Waals surface area contributed by atoms with Gasteiger partial charge in [0.2, 0.25) is 0 Å². The van der Waals surface area contributed by atoms with Gasteiger partial charge in [0.15, 0.2) is 0 Å². The highest BCUT2D eigenvalue weighted by Gasteiger charge is 2.20. The number of allylic oxidation sites excluding steroid dienone is 1. The molecule has 0 bridgehead atoms. The Balaban J connectivity index is 2.26. The van der Waals surface area contributed by atoms with Crippen molar-refractivity contribution in [2.75, 3.05) is 6.16 Å². The molecule has 5 heteroatoms. The van der Waals surface area contributed by atoms with E-state index in [-0.39, 0.29) is 12.1 Å². The number of aliphatic hydroxyl groups excluding tert-OH is 1. The van der Waals surface area contributed by atoms with Crippen molar-refractivity contribution < 1.29 is 19.5 Å². The molecular weight excluding hydrogens is 179 g/mol. The quantitative estimate of drug-likeness (QED) is 0.449. The summed E-state index contributed by atoms with van der Waals surface area (Å²) in [6.45, 7) is 0. The van der Waals surface area contributed by atoms with Crippen LogP contribution in [0, 0.1) is 5.92 Å². The van der Waals surface area contributed by atoms with Gasteiger partial charge in [0.05, 0.1) is 12.3 Å². The Morgan fingerprint density at radius 2 is 2.08 bits per heavy atom. The number of hydrogen-bond donors (Lipinski definition) is 3. The fourth-order valence-corrected chi connectivity index (χ4v) is 1.97. The lowest BCUT2D eigenvalue weighted by molar-refractivity contribution is 0.209. The highest BCUT2D eigenvalue weighted by molar-refractivity contribution is 7.51. The van der Waals surface area contributed by atoms with E-state index in [1.807, 2.05) is 6.08 Å². The van der Waals surface area contributed by atoms with Crippen molar-refractivity contribution in [2.24, 2.45) is 5.92 Å². The first-order valence-electron chi connectivity index (χ1n) is 3.88. The average molecular weight is 192 g/mol. The van der Waals surface area contributed by atoms with Crippen molar-refractivity contribution in [3.8, 4) is 0 Å². The monoisotopic (exact) mass is 192 g/mol. The van der Waals surface area contributed by atoms with Crippen LogP contribution in [-0.4, -0.2) is 27.2 Å². The van der Waals surface area contributed by atoms with Gasteiger partial charge in [-0.2, -0.15) is 0 Å². The van der Waals surface area contributed by atoms with Gasteiger partial charge >= 0.3 is 7.60 Å². The molecule has 2 unspecified atom stereocenters. The van der Waals surface area contributed by atoms with Crippen LogP contribution < -0.4 is 0 Å². The summed E-state index contributed by atoms with van der Waals surface area (Å²) in [4.78, 5) is 17.1. The summed E-state index contributed by atoms with van der Waals surface area (Å²) in [6, 6.07) is 0. The molecule has 70 valence electrons. The molecule has 0 aromatic heterocycles. The molecule has 0 aromatic rings. The smallest absolute Gasteiger partial charge is 0.325 e. The molecule has 0 spiro atoms. The van der Waals surface area contributed by atoms with Crippen molar-refractivity contribution in [1.82, 2.24) is 0 Å². The zero-order valence-electron chi connectivity index (χ0n) is 6.63. The van der Waals surface area contributed by atoms with Crippen LogP contribution in [0.5, 0.6) is 0 Å². The van der Waals surface area contributed by atoms with Crippen LogP contribution in [-0.2, 0) is 4.57 Å². The zero-order chi connectivity index (χ0) is 9.19.